The van der Waals surface area contributed by atoms with E-state index in [1.165, 1.54) is 0 Å². The lowest BCUT2D eigenvalue weighted by Crippen LogP contribution is -1.86. The van der Waals surface area contributed by atoms with Crippen LogP contribution in [0.15, 0.2) is 37.0 Å². The molecule has 0 aromatic carbocycles. The van der Waals surface area contributed by atoms with E-state index in [0.29, 0.717) is 5.92 Å². The lowest BCUT2D eigenvalue weighted by atomic mass is 10.1. The summed E-state index contributed by atoms with van der Waals surface area (Å²) in [4.78, 5) is 0. The van der Waals surface area contributed by atoms with Gasteiger partial charge in [-0.25, -0.2) is 0 Å². The minimum absolute atomic E-state index is 0.543. The fourth-order valence-electron chi connectivity index (χ4n) is 0.384. The van der Waals surface area contributed by atoms with E-state index >= 15 is 0 Å². The average molecular weight is 182 g/mol. The van der Waals surface area contributed by atoms with E-state index in [-0.39, 0.29) is 0 Å². The first kappa shape index (κ1) is 18.1. The van der Waals surface area contributed by atoms with Gasteiger partial charge >= 0.3 is 0 Å². The minimum atomic E-state index is 0.543. The zero-order valence-electron chi connectivity index (χ0n) is 10.2. The van der Waals surface area contributed by atoms with Gasteiger partial charge in [-0.15, -0.1) is 0 Å². The van der Waals surface area contributed by atoms with Gasteiger partial charge in [0.05, 0.1) is 0 Å². The summed E-state index contributed by atoms with van der Waals surface area (Å²) in [5.74, 6) is 0.543. The Morgan fingerprint density at radius 2 is 1.46 bits per heavy atom. The summed E-state index contributed by atoms with van der Waals surface area (Å²) >= 11 is 0. The Hall–Kier alpha value is -0.780. The van der Waals surface area contributed by atoms with Crippen LogP contribution in [0, 0.1) is 5.92 Å². The molecule has 0 aliphatic heterocycles. The molecule has 0 radical (unpaired) electrons. The van der Waals surface area contributed by atoms with E-state index in [1.807, 2.05) is 39.8 Å². The predicted octanol–water partition coefficient (Wildman–Crippen LogP) is 4.99. The fraction of sp³-hybridized carbons (Fsp3) is 0.538. The normalized spacial score (nSPS) is 8.23. The van der Waals surface area contributed by atoms with Crippen molar-refractivity contribution in [1.29, 1.82) is 0 Å². The Labute approximate surface area is 85.1 Å². The van der Waals surface area contributed by atoms with Gasteiger partial charge < -0.3 is 0 Å². The van der Waals surface area contributed by atoms with E-state index < -0.39 is 0 Å². The van der Waals surface area contributed by atoms with Crippen LogP contribution in [0.25, 0.3) is 0 Å². The third kappa shape index (κ3) is 18.3. The molecule has 78 valence electrons. The van der Waals surface area contributed by atoms with Gasteiger partial charge in [0.2, 0.25) is 0 Å². The lowest BCUT2D eigenvalue weighted by Gasteiger charge is -2.00. The van der Waals surface area contributed by atoms with Crippen LogP contribution in [0.1, 0.15) is 41.5 Å². The van der Waals surface area contributed by atoms with Gasteiger partial charge in [0, 0.05) is 0 Å². The highest BCUT2D eigenvalue weighted by Gasteiger charge is 1.91. The Balaban J connectivity index is -0.000000218. The molecule has 0 spiro atoms. The number of hydrogen-bond acceptors (Lipinski definition) is 0. The molecule has 0 atom stereocenters. The molecule has 0 unspecified atom stereocenters. The average Bonchev–Trinajstić information content (AvgIpc) is 2.20. The van der Waals surface area contributed by atoms with Crippen molar-refractivity contribution in [2.24, 2.45) is 5.92 Å². The third-order valence-corrected chi connectivity index (χ3v) is 1.19. The van der Waals surface area contributed by atoms with Crippen LogP contribution in [-0.2, 0) is 0 Å². The van der Waals surface area contributed by atoms with Crippen molar-refractivity contribution in [3.05, 3.63) is 37.0 Å². The van der Waals surface area contributed by atoms with Crippen molar-refractivity contribution in [3.8, 4) is 0 Å². The summed E-state index contributed by atoms with van der Waals surface area (Å²) < 4.78 is 0. The highest BCUT2D eigenvalue weighted by molar-refractivity contribution is 5.19. The third-order valence-electron chi connectivity index (χ3n) is 1.19. The molecule has 0 nitrogen and oxygen atoms in total. The summed E-state index contributed by atoms with van der Waals surface area (Å²) in [6.45, 7) is 19.7. The number of hydrogen-bond donors (Lipinski definition) is 0. The van der Waals surface area contributed by atoms with Gasteiger partial charge in [-0.3, -0.25) is 0 Å². The summed E-state index contributed by atoms with van der Waals surface area (Å²) in [7, 11) is 0. The summed E-state index contributed by atoms with van der Waals surface area (Å²) in [5.41, 5.74) is 1.15. The first-order valence-electron chi connectivity index (χ1n) is 5.16. The molecule has 0 saturated carbocycles. The van der Waals surface area contributed by atoms with E-state index in [2.05, 4.69) is 27.0 Å². The molecular weight excluding hydrogens is 156 g/mol. The van der Waals surface area contributed by atoms with Gasteiger partial charge in [-0.2, -0.15) is 0 Å². The second kappa shape index (κ2) is 17.3. The zero-order chi connectivity index (χ0) is 11.3. The van der Waals surface area contributed by atoms with Crippen LogP contribution >= 0.6 is 0 Å². The van der Waals surface area contributed by atoms with Crippen molar-refractivity contribution in [2.45, 2.75) is 41.5 Å². The van der Waals surface area contributed by atoms with Crippen LogP contribution in [0.5, 0.6) is 0 Å². The zero-order valence-corrected chi connectivity index (χ0v) is 10.2. The first-order chi connectivity index (χ1) is 6.18. The SMILES string of the molecule is C=C/C=C\C(=C)C(C)C.CC.CC. The highest BCUT2D eigenvalue weighted by atomic mass is 14.0. The Morgan fingerprint density at radius 3 is 1.69 bits per heavy atom. The van der Waals surface area contributed by atoms with Gasteiger partial charge in [0.25, 0.3) is 0 Å². The molecule has 0 rings (SSSR count). The van der Waals surface area contributed by atoms with Crippen LogP contribution in [0.2, 0.25) is 0 Å². The molecule has 0 aliphatic carbocycles. The molecule has 0 saturated heterocycles. The Bertz CT molecular complexity index is 127. The van der Waals surface area contributed by atoms with E-state index in [4.69, 9.17) is 0 Å². The van der Waals surface area contributed by atoms with Crippen LogP contribution in [-0.4, -0.2) is 0 Å². The fourth-order valence-corrected chi connectivity index (χ4v) is 0.384. The van der Waals surface area contributed by atoms with Gasteiger partial charge in [-0.05, 0) is 5.92 Å². The molecule has 0 N–H and O–H groups in total. The van der Waals surface area contributed by atoms with Crippen molar-refractivity contribution >= 4 is 0 Å². The van der Waals surface area contributed by atoms with Gasteiger partial charge in [0.15, 0.2) is 0 Å². The molecule has 0 amide bonds. The number of rotatable bonds is 3. The predicted molar refractivity (Wildman–Crippen MR) is 66.0 cm³/mol. The molecular formula is C13H26. The second-order valence-corrected chi connectivity index (χ2v) is 2.32. The standard InChI is InChI=1S/C9H14.2C2H6/c1-5-6-7-9(4)8(2)3;2*1-2/h5-8H,1,4H2,2-3H3;2*1-2H3/b7-6-;;. The second-order valence-electron chi connectivity index (χ2n) is 2.32. The quantitative estimate of drug-likeness (QED) is 0.539. The minimum Gasteiger partial charge on any atom is -0.0991 e. The van der Waals surface area contributed by atoms with E-state index in [1.54, 1.807) is 6.08 Å². The smallest absolute Gasteiger partial charge is 0.0225 e. The highest BCUT2D eigenvalue weighted by Crippen LogP contribution is 2.06. The molecule has 0 heteroatoms. The van der Waals surface area contributed by atoms with Crippen molar-refractivity contribution in [1.82, 2.24) is 0 Å². The largest absolute Gasteiger partial charge is 0.0991 e. The van der Waals surface area contributed by atoms with Gasteiger partial charge in [0.1, 0.15) is 0 Å². The molecule has 0 aromatic heterocycles. The Kier molecular flexibility index (Phi) is 24.1. The maximum Gasteiger partial charge on any atom is -0.0225 e. The molecule has 0 aromatic rings. The molecule has 0 bridgehead atoms. The van der Waals surface area contributed by atoms with Crippen molar-refractivity contribution in [3.63, 3.8) is 0 Å². The van der Waals surface area contributed by atoms with Crippen LogP contribution in [0.3, 0.4) is 0 Å². The molecule has 0 aliphatic rings. The Morgan fingerprint density at radius 1 is 1.08 bits per heavy atom. The van der Waals surface area contributed by atoms with Crippen molar-refractivity contribution in [2.75, 3.05) is 0 Å². The number of allylic oxidation sites excluding steroid dienone is 4. The first-order valence-corrected chi connectivity index (χ1v) is 5.16. The maximum absolute atomic E-state index is 3.86. The lowest BCUT2D eigenvalue weighted by molar-refractivity contribution is 0.795. The van der Waals surface area contributed by atoms with E-state index in [9.17, 15) is 0 Å². The van der Waals surface area contributed by atoms with Crippen LogP contribution < -0.4 is 0 Å². The molecule has 0 heterocycles. The molecule has 13 heavy (non-hydrogen) atoms. The summed E-state index contributed by atoms with van der Waals surface area (Å²) in [6, 6.07) is 0. The van der Waals surface area contributed by atoms with Crippen LogP contribution in [0.4, 0.5) is 0 Å². The summed E-state index contributed by atoms with van der Waals surface area (Å²) in [5, 5.41) is 0. The van der Waals surface area contributed by atoms with Gasteiger partial charge in [-0.1, -0.05) is 78.5 Å². The monoisotopic (exact) mass is 182 g/mol. The molecule has 0 fully saturated rings. The van der Waals surface area contributed by atoms with E-state index in [0.717, 1.165) is 5.57 Å². The topological polar surface area (TPSA) is 0 Å². The van der Waals surface area contributed by atoms with Crippen molar-refractivity contribution < 1.29 is 0 Å². The summed E-state index contributed by atoms with van der Waals surface area (Å²) in [6.07, 6.45) is 5.65. The maximum atomic E-state index is 3.86.